The Morgan fingerprint density at radius 1 is 1.17 bits per heavy atom. The van der Waals surface area contributed by atoms with Crippen molar-refractivity contribution in [3.05, 3.63) is 71.9 Å². The SMILES string of the molecule is COc1ccc(-c2cc(C(=O)NCc3ccccc3)nn2[C@@H]2CCS(=O)(=O)C2)cc1. The summed E-state index contributed by atoms with van der Waals surface area (Å²) in [7, 11) is -1.50. The fraction of sp³-hybridized carbons (Fsp3) is 0.273. The van der Waals surface area contributed by atoms with E-state index in [9.17, 15) is 13.2 Å². The molecule has 1 fully saturated rings. The fourth-order valence-electron chi connectivity index (χ4n) is 3.60. The molecule has 2 aromatic carbocycles. The van der Waals surface area contributed by atoms with Crippen LogP contribution < -0.4 is 10.1 Å². The molecule has 30 heavy (non-hydrogen) atoms. The maximum atomic E-state index is 12.7. The second-order valence-electron chi connectivity index (χ2n) is 7.31. The summed E-state index contributed by atoms with van der Waals surface area (Å²) >= 11 is 0. The molecule has 1 aliphatic rings. The van der Waals surface area contributed by atoms with Gasteiger partial charge in [0.2, 0.25) is 0 Å². The molecular formula is C22H23N3O4S. The van der Waals surface area contributed by atoms with E-state index in [4.69, 9.17) is 4.74 Å². The standard InChI is InChI=1S/C22H23N3O4S/c1-29-19-9-7-17(8-10-19)21-13-20(22(26)23-14-16-5-3-2-4-6-16)24-25(21)18-11-12-30(27,28)15-18/h2-10,13,18H,11-12,14-15H2,1H3,(H,23,26)/t18-/m1/s1. The lowest BCUT2D eigenvalue weighted by Gasteiger charge is -2.13. The average Bonchev–Trinajstić information content (AvgIpc) is 3.36. The Labute approximate surface area is 175 Å². The number of aromatic nitrogens is 2. The van der Waals surface area contributed by atoms with E-state index in [-0.39, 0.29) is 29.1 Å². The van der Waals surface area contributed by atoms with Crippen LogP contribution in [0.3, 0.4) is 0 Å². The first-order valence-corrected chi connectivity index (χ1v) is 11.5. The topological polar surface area (TPSA) is 90.3 Å². The summed E-state index contributed by atoms with van der Waals surface area (Å²) < 4.78 is 30.9. The van der Waals surface area contributed by atoms with Crippen LogP contribution in [0.5, 0.6) is 5.75 Å². The highest BCUT2D eigenvalue weighted by molar-refractivity contribution is 7.91. The van der Waals surface area contributed by atoms with E-state index in [0.29, 0.717) is 24.4 Å². The Morgan fingerprint density at radius 2 is 1.90 bits per heavy atom. The van der Waals surface area contributed by atoms with Crippen molar-refractivity contribution in [2.24, 2.45) is 0 Å². The predicted molar refractivity (Wildman–Crippen MR) is 114 cm³/mol. The van der Waals surface area contributed by atoms with Gasteiger partial charge in [0.15, 0.2) is 15.5 Å². The van der Waals surface area contributed by atoms with E-state index in [2.05, 4.69) is 10.4 Å². The van der Waals surface area contributed by atoms with Crippen molar-refractivity contribution in [1.29, 1.82) is 0 Å². The van der Waals surface area contributed by atoms with E-state index in [0.717, 1.165) is 11.1 Å². The van der Waals surface area contributed by atoms with Crippen LogP contribution in [0.2, 0.25) is 0 Å². The van der Waals surface area contributed by atoms with Gasteiger partial charge in [0, 0.05) is 12.1 Å². The first-order valence-electron chi connectivity index (χ1n) is 9.72. The van der Waals surface area contributed by atoms with Gasteiger partial charge in [-0.15, -0.1) is 0 Å². The second-order valence-corrected chi connectivity index (χ2v) is 9.54. The number of rotatable bonds is 6. The molecule has 1 aliphatic heterocycles. The zero-order valence-electron chi connectivity index (χ0n) is 16.6. The van der Waals surface area contributed by atoms with Gasteiger partial charge in [0.25, 0.3) is 5.91 Å². The molecule has 156 valence electrons. The summed E-state index contributed by atoms with van der Waals surface area (Å²) in [5.41, 5.74) is 2.81. The average molecular weight is 426 g/mol. The fourth-order valence-corrected chi connectivity index (χ4v) is 5.29. The van der Waals surface area contributed by atoms with E-state index >= 15 is 0 Å². The molecule has 7 nitrogen and oxygen atoms in total. The lowest BCUT2D eigenvalue weighted by molar-refractivity contribution is 0.0945. The molecule has 1 N–H and O–H groups in total. The van der Waals surface area contributed by atoms with Crippen LogP contribution in [0.4, 0.5) is 0 Å². The second kappa shape index (κ2) is 8.31. The maximum absolute atomic E-state index is 12.7. The first kappa shape index (κ1) is 20.2. The number of ether oxygens (including phenoxy) is 1. The first-order chi connectivity index (χ1) is 14.4. The number of hydrogen-bond acceptors (Lipinski definition) is 5. The molecule has 0 radical (unpaired) electrons. The minimum absolute atomic E-state index is 0.0307. The minimum Gasteiger partial charge on any atom is -0.497 e. The van der Waals surface area contributed by atoms with Gasteiger partial charge in [-0.3, -0.25) is 9.48 Å². The number of sulfone groups is 1. The van der Waals surface area contributed by atoms with Crippen molar-refractivity contribution in [2.75, 3.05) is 18.6 Å². The molecule has 0 saturated carbocycles. The Balaban J connectivity index is 1.63. The number of amides is 1. The van der Waals surface area contributed by atoms with Crippen LogP contribution >= 0.6 is 0 Å². The third kappa shape index (κ3) is 4.38. The van der Waals surface area contributed by atoms with Crippen molar-refractivity contribution in [3.8, 4) is 17.0 Å². The number of carbonyl (C=O) groups is 1. The lowest BCUT2D eigenvalue weighted by Crippen LogP contribution is -2.23. The van der Waals surface area contributed by atoms with Gasteiger partial charge in [-0.1, -0.05) is 30.3 Å². The summed E-state index contributed by atoms with van der Waals surface area (Å²) in [5.74, 6) is 0.584. The monoisotopic (exact) mass is 425 g/mol. The van der Waals surface area contributed by atoms with Gasteiger partial charge >= 0.3 is 0 Å². The number of carbonyl (C=O) groups excluding carboxylic acids is 1. The Kier molecular flexibility index (Phi) is 5.59. The maximum Gasteiger partial charge on any atom is 0.272 e. The van der Waals surface area contributed by atoms with Crippen LogP contribution in [-0.4, -0.2) is 42.7 Å². The molecule has 0 aliphatic carbocycles. The normalized spacial score (nSPS) is 17.6. The van der Waals surface area contributed by atoms with Crippen LogP contribution in [-0.2, 0) is 16.4 Å². The molecule has 1 saturated heterocycles. The molecular weight excluding hydrogens is 402 g/mol. The number of nitrogens with zero attached hydrogens (tertiary/aromatic N) is 2. The zero-order chi connectivity index (χ0) is 21.1. The largest absolute Gasteiger partial charge is 0.497 e. The highest BCUT2D eigenvalue weighted by Gasteiger charge is 2.32. The number of hydrogen-bond donors (Lipinski definition) is 1. The molecule has 0 bridgehead atoms. The van der Waals surface area contributed by atoms with Gasteiger partial charge in [-0.05, 0) is 42.3 Å². The van der Waals surface area contributed by atoms with Crippen molar-refractivity contribution < 1.29 is 17.9 Å². The van der Waals surface area contributed by atoms with Crippen molar-refractivity contribution in [2.45, 2.75) is 19.0 Å². The molecule has 1 amide bonds. The van der Waals surface area contributed by atoms with Crippen molar-refractivity contribution in [1.82, 2.24) is 15.1 Å². The number of nitrogens with one attached hydrogen (secondary N) is 1. The highest BCUT2D eigenvalue weighted by Crippen LogP contribution is 2.31. The summed E-state index contributed by atoms with van der Waals surface area (Å²) in [4.78, 5) is 12.7. The highest BCUT2D eigenvalue weighted by atomic mass is 32.2. The molecule has 1 aromatic heterocycles. The number of benzene rings is 2. The van der Waals surface area contributed by atoms with Gasteiger partial charge < -0.3 is 10.1 Å². The van der Waals surface area contributed by atoms with E-state index < -0.39 is 9.84 Å². The Hall–Kier alpha value is -3.13. The molecule has 4 rings (SSSR count). The summed E-state index contributed by atoms with van der Waals surface area (Å²) in [6.45, 7) is 0.391. The van der Waals surface area contributed by atoms with Crippen LogP contribution in [0, 0.1) is 0 Å². The molecule has 8 heteroatoms. The Morgan fingerprint density at radius 3 is 2.53 bits per heavy atom. The molecule has 0 unspecified atom stereocenters. The predicted octanol–water partition coefficient (Wildman–Crippen LogP) is 2.85. The van der Waals surface area contributed by atoms with Crippen molar-refractivity contribution in [3.63, 3.8) is 0 Å². The smallest absolute Gasteiger partial charge is 0.272 e. The minimum atomic E-state index is -3.09. The molecule has 0 spiro atoms. The lowest BCUT2D eigenvalue weighted by atomic mass is 10.1. The van der Waals surface area contributed by atoms with E-state index in [1.807, 2.05) is 54.6 Å². The molecule has 2 heterocycles. The molecule has 1 atom stereocenters. The molecule has 3 aromatic rings. The van der Waals surface area contributed by atoms with Crippen LogP contribution in [0.25, 0.3) is 11.3 Å². The van der Waals surface area contributed by atoms with Crippen molar-refractivity contribution >= 4 is 15.7 Å². The zero-order valence-corrected chi connectivity index (χ0v) is 17.4. The summed E-state index contributed by atoms with van der Waals surface area (Å²) in [5, 5.41) is 7.38. The van der Waals surface area contributed by atoms with E-state index in [1.54, 1.807) is 17.9 Å². The third-order valence-electron chi connectivity index (χ3n) is 5.20. The Bertz CT molecular complexity index is 1140. The van der Waals surface area contributed by atoms with Gasteiger partial charge in [-0.2, -0.15) is 5.10 Å². The summed E-state index contributed by atoms with van der Waals surface area (Å²) in [6.07, 6.45) is 0.484. The van der Waals surface area contributed by atoms with Crippen LogP contribution in [0.15, 0.2) is 60.7 Å². The third-order valence-corrected chi connectivity index (χ3v) is 6.95. The van der Waals surface area contributed by atoms with Gasteiger partial charge in [0.1, 0.15) is 5.75 Å². The quantitative estimate of drug-likeness (QED) is 0.656. The summed E-state index contributed by atoms with van der Waals surface area (Å²) in [6, 6.07) is 18.5. The van der Waals surface area contributed by atoms with Crippen LogP contribution in [0.1, 0.15) is 28.5 Å². The van der Waals surface area contributed by atoms with E-state index in [1.165, 1.54) is 0 Å². The van der Waals surface area contributed by atoms with Gasteiger partial charge in [-0.25, -0.2) is 8.42 Å². The number of methoxy groups -OCH3 is 1. The van der Waals surface area contributed by atoms with Gasteiger partial charge in [0.05, 0.1) is 30.4 Å².